The molecule has 0 fully saturated rings. The topological polar surface area (TPSA) is 43.4 Å². The number of ether oxygens (including phenoxy) is 1. The van der Waals surface area contributed by atoms with Crippen LogP contribution in [0.5, 0.6) is 5.75 Å². The Labute approximate surface area is 93.4 Å². The van der Waals surface area contributed by atoms with Crippen molar-refractivity contribution in [3.05, 3.63) is 23.3 Å². The molecule has 1 aromatic rings. The lowest BCUT2D eigenvalue weighted by Crippen LogP contribution is -1.98. The van der Waals surface area contributed by atoms with Gasteiger partial charge in [0.05, 0.1) is 7.11 Å². The highest BCUT2D eigenvalue weighted by atomic mass is 35.7. The molecule has 1 aliphatic rings. The first-order valence-electron chi connectivity index (χ1n) is 4.67. The highest BCUT2D eigenvalue weighted by Crippen LogP contribution is 2.33. The van der Waals surface area contributed by atoms with Crippen LogP contribution < -0.4 is 4.74 Å². The lowest BCUT2D eigenvalue weighted by molar-refractivity contribution is 0.402. The molecule has 82 valence electrons. The van der Waals surface area contributed by atoms with Crippen LogP contribution in [-0.4, -0.2) is 15.5 Å². The molecule has 1 aliphatic carbocycles. The minimum absolute atomic E-state index is 0.0762. The van der Waals surface area contributed by atoms with Gasteiger partial charge in [-0.2, -0.15) is 0 Å². The van der Waals surface area contributed by atoms with Crippen LogP contribution in [-0.2, 0) is 21.9 Å². The molecule has 3 nitrogen and oxygen atoms in total. The Bertz CT molecular complexity index is 494. The van der Waals surface area contributed by atoms with Crippen molar-refractivity contribution in [2.45, 2.75) is 24.2 Å². The van der Waals surface area contributed by atoms with Gasteiger partial charge in [0, 0.05) is 10.7 Å². The van der Waals surface area contributed by atoms with Crippen molar-refractivity contribution >= 4 is 19.7 Å². The molecule has 5 heteroatoms. The fourth-order valence-corrected chi connectivity index (χ4v) is 2.96. The number of fused-ring (bicyclic) bond motifs is 1. The third-order valence-corrected chi connectivity index (χ3v) is 3.98. The molecule has 0 heterocycles. The van der Waals surface area contributed by atoms with Crippen LogP contribution in [0.15, 0.2) is 17.0 Å². The summed E-state index contributed by atoms with van der Waals surface area (Å²) in [6.45, 7) is 0. The molecule has 0 saturated heterocycles. The number of rotatable bonds is 2. The van der Waals surface area contributed by atoms with E-state index in [-0.39, 0.29) is 4.90 Å². The summed E-state index contributed by atoms with van der Waals surface area (Å²) in [5, 5.41) is 0. The van der Waals surface area contributed by atoms with Gasteiger partial charge in [-0.25, -0.2) is 8.42 Å². The first-order chi connectivity index (χ1) is 7.02. The lowest BCUT2D eigenvalue weighted by Gasteiger charge is -2.08. The Kier molecular flexibility index (Phi) is 2.64. The summed E-state index contributed by atoms with van der Waals surface area (Å²) in [4.78, 5) is 0.0762. The number of aryl methyl sites for hydroxylation is 2. The molecule has 2 rings (SSSR count). The highest BCUT2D eigenvalue weighted by Gasteiger charge is 2.21. The Balaban J connectivity index is 2.64. The van der Waals surface area contributed by atoms with Gasteiger partial charge in [0.25, 0.3) is 9.05 Å². The zero-order valence-corrected chi connectivity index (χ0v) is 9.86. The standard InChI is InChI=1S/C10H11ClO3S/c1-14-9-5-7-3-2-4-8(7)6-10(9)15(11,12)13/h5-6H,2-4H2,1H3. The average Bonchev–Trinajstić information content (AvgIpc) is 2.60. The quantitative estimate of drug-likeness (QED) is 0.751. The second kappa shape index (κ2) is 3.68. The summed E-state index contributed by atoms with van der Waals surface area (Å²) in [5.41, 5.74) is 2.23. The Morgan fingerprint density at radius 3 is 2.40 bits per heavy atom. The molecule has 15 heavy (non-hydrogen) atoms. The summed E-state index contributed by atoms with van der Waals surface area (Å²) >= 11 is 0. The summed E-state index contributed by atoms with van der Waals surface area (Å²) in [6.07, 6.45) is 2.96. The van der Waals surface area contributed by atoms with Crippen LogP contribution in [0.4, 0.5) is 0 Å². The number of halogens is 1. The molecule has 0 atom stereocenters. The molecular formula is C10H11ClO3S. The Hall–Kier alpha value is -0.740. The molecule has 0 radical (unpaired) electrons. The molecule has 0 unspecified atom stereocenters. The third kappa shape index (κ3) is 1.96. The van der Waals surface area contributed by atoms with E-state index >= 15 is 0 Å². The van der Waals surface area contributed by atoms with E-state index in [9.17, 15) is 8.42 Å². The van der Waals surface area contributed by atoms with Crippen molar-refractivity contribution < 1.29 is 13.2 Å². The van der Waals surface area contributed by atoms with E-state index in [2.05, 4.69) is 0 Å². The van der Waals surface area contributed by atoms with Gasteiger partial charge in [0.1, 0.15) is 10.6 Å². The third-order valence-electron chi connectivity index (χ3n) is 2.64. The molecule has 0 amide bonds. The number of hydrogen-bond donors (Lipinski definition) is 0. The SMILES string of the molecule is COc1cc2c(cc1S(=O)(=O)Cl)CCC2. The van der Waals surface area contributed by atoms with E-state index in [1.807, 2.05) is 0 Å². The van der Waals surface area contributed by atoms with Gasteiger partial charge in [-0.05, 0) is 42.5 Å². The predicted molar refractivity (Wildman–Crippen MR) is 58.1 cm³/mol. The summed E-state index contributed by atoms with van der Waals surface area (Å²) in [5.74, 6) is 0.339. The number of benzene rings is 1. The second-order valence-electron chi connectivity index (χ2n) is 3.56. The van der Waals surface area contributed by atoms with Crippen LogP contribution in [0.25, 0.3) is 0 Å². The predicted octanol–water partition coefficient (Wildman–Crippen LogP) is 2.11. The second-order valence-corrected chi connectivity index (χ2v) is 6.10. The van der Waals surface area contributed by atoms with Gasteiger partial charge in [-0.3, -0.25) is 0 Å². The summed E-state index contributed by atoms with van der Waals surface area (Å²) in [6, 6.07) is 3.40. The molecule has 0 spiro atoms. The minimum Gasteiger partial charge on any atom is -0.495 e. The van der Waals surface area contributed by atoms with Crippen molar-refractivity contribution in [3.8, 4) is 5.75 Å². The van der Waals surface area contributed by atoms with Crippen LogP contribution in [0.1, 0.15) is 17.5 Å². The molecular weight excluding hydrogens is 236 g/mol. The van der Waals surface area contributed by atoms with Gasteiger partial charge in [0.2, 0.25) is 0 Å². The van der Waals surface area contributed by atoms with Gasteiger partial charge in [-0.15, -0.1) is 0 Å². The first-order valence-corrected chi connectivity index (χ1v) is 6.98. The van der Waals surface area contributed by atoms with E-state index in [4.69, 9.17) is 15.4 Å². The van der Waals surface area contributed by atoms with Crippen molar-refractivity contribution in [2.24, 2.45) is 0 Å². The number of methoxy groups -OCH3 is 1. The Morgan fingerprint density at radius 1 is 1.27 bits per heavy atom. The summed E-state index contributed by atoms with van der Waals surface area (Å²) < 4.78 is 27.6. The van der Waals surface area contributed by atoms with Crippen LogP contribution in [0.2, 0.25) is 0 Å². The normalized spacial score (nSPS) is 15.1. The van der Waals surface area contributed by atoms with Crippen LogP contribution in [0.3, 0.4) is 0 Å². The summed E-state index contributed by atoms with van der Waals surface area (Å²) in [7, 11) is 3.06. The Morgan fingerprint density at radius 2 is 1.87 bits per heavy atom. The maximum Gasteiger partial charge on any atom is 0.264 e. The highest BCUT2D eigenvalue weighted by molar-refractivity contribution is 8.13. The first kappa shape index (κ1) is 10.8. The maximum atomic E-state index is 11.3. The van der Waals surface area contributed by atoms with Crippen molar-refractivity contribution in [1.82, 2.24) is 0 Å². The zero-order valence-electron chi connectivity index (χ0n) is 8.29. The zero-order chi connectivity index (χ0) is 11.1. The van der Waals surface area contributed by atoms with Gasteiger partial charge in [-0.1, -0.05) is 0 Å². The molecule has 0 aliphatic heterocycles. The van der Waals surface area contributed by atoms with Crippen LogP contribution in [0, 0.1) is 0 Å². The maximum absolute atomic E-state index is 11.3. The van der Waals surface area contributed by atoms with E-state index in [1.165, 1.54) is 7.11 Å². The largest absolute Gasteiger partial charge is 0.495 e. The molecule has 0 N–H and O–H groups in total. The van der Waals surface area contributed by atoms with Crippen molar-refractivity contribution in [3.63, 3.8) is 0 Å². The molecule has 1 aromatic carbocycles. The smallest absolute Gasteiger partial charge is 0.264 e. The van der Waals surface area contributed by atoms with Crippen molar-refractivity contribution in [2.75, 3.05) is 7.11 Å². The van der Waals surface area contributed by atoms with Crippen molar-refractivity contribution in [1.29, 1.82) is 0 Å². The molecule has 0 saturated carbocycles. The average molecular weight is 247 g/mol. The van der Waals surface area contributed by atoms with E-state index in [0.29, 0.717) is 5.75 Å². The minimum atomic E-state index is -3.72. The molecule has 0 bridgehead atoms. The molecule has 0 aromatic heterocycles. The lowest BCUT2D eigenvalue weighted by atomic mass is 10.1. The monoisotopic (exact) mass is 246 g/mol. The van der Waals surface area contributed by atoms with Gasteiger partial charge >= 0.3 is 0 Å². The van der Waals surface area contributed by atoms with E-state index in [0.717, 1.165) is 30.4 Å². The van der Waals surface area contributed by atoms with Gasteiger partial charge < -0.3 is 4.74 Å². The van der Waals surface area contributed by atoms with E-state index < -0.39 is 9.05 Å². The van der Waals surface area contributed by atoms with Crippen LogP contribution >= 0.6 is 10.7 Å². The fraction of sp³-hybridized carbons (Fsp3) is 0.400. The number of hydrogen-bond acceptors (Lipinski definition) is 3. The fourth-order valence-electron chi connectivity index (χ4n) is 1.93. The van der Waals surface area contributed by atoms with Gasteiger partial charge in [0.15, 0.2) is 0 Å². The van der Waals surface area contributed by atoms with E-state index in [1.54, 1.807) is 12.1 Å².